The number of aromatic nitrogens is 2. The lowest BCUT2D eigenvalue weighted by atomic mass is 10.1. The second-order valence-electron chi connectivity index (χ2n) is 4.58. The van der Waals surface area contributed by atoms with Crippen LogP contribution >= 0.6 is 0 Å². The van der Waals surface area contributed by atoms with E-state index in [2.05, 4.69) is 15.5 Å². The van der Waals surface area contributed by atoms with Crippen molar-refractivity contribution in [2.24, 2.45) is 0 Å². The minimum absolute atomic E-state index is 0.430. The van der Waals surface area contributed by atoms with Crippen LogP contribution in [0, 0.1) is 0 Å². The molecule has 2 aromatic carbocycles. The smallest absolute Gasteiger partial charge is 0.0962 e. The topological polar surface area (TPSA) is 58.0 Å². The molecule has 0 aliphatic rings. The number of aliphatic hydroxyl groups is 1. The second-order valence-corrected chi connectivity index (χ2v) is 4.58. The summed E-state index contributed by atoms with van der Waals surface area (Å²) >= 11 is 0. The number of benzene rings is 2. The van der Waals surface area contributed by atoms with Gasteiger partial charge >= 0.3 is 0 Å². The molecule has 4 heteroatoms. The molecule has 0 aliphatic carbocycles. The van der Waals surface area contributed by atoms with Gasteiger partial charge in [0.2, 0.25) is 0 Å². The molecule has 2 N–H and O–H groups in total. The van der Waals surface area contributed by atoms with Gasteiger partial charge in [0.15, 0.2) is 0 Å². The fraction of sp³-hybridized carbons (Fsp3) is 0.125. The van der Waals surface area contributed by atoms with E-state index in [1.165, 1.54) is 0 Å². The maximum atomic E-state index is 10.2. The Labute approximate surface area is 117 Å². The van der Waals surface area contributed by atoms with Crippen molar-refractivity contribution in [1.82, 2.24) is 10.2 Å². The Morgan fingerprint density at radius 2 is 1.75 bits per heavy atom. The van der Waals surface area contributed by atoms with Gasteiger partial charge < -0.3 is 10.4 Å². The van der Waals surface area contributed by atoms with Crippen LogP contribution in [0.15, 0.2) is 60.8 Å². The van der Waals surface area contributed by atoms with Crippen LogP contribution in [0.1, 0.15) is 11.7 Å². The van der Waals surface area contributed by atoms with E-state index < -0.39 is 6.10 Å². The quantitative estimate of drug-likeness (QED) is 0.761. The van der Waals surface area contributed by atoms with Crippen LogP contribution in [0.4, 0.5) is 5.69 Å². The van der Waals surface area contributed by atoms with E-state index in [4.69, 9.17) is 0 Å². The molecule has 1 heterocycles. The number of hydrogen-bond acceptors (Lipinski definition) is 4. The summed E-state index contributed by atoms with van der Waals surface area (Å²) in [5.41, 5.74) is 2.61. The molecule has 1 atom stereocenters. The van der Waals surface area contributed by atoms with E-state index in [1.54, 1.807) is 6.20 Å². The summed E-state index contributed by atoms with van der Waals surface area (Å²) < 4.78 is 0. The van der Waals surface area contributed by atoms with Crippen LogP contribution < -0.4 is 5.32 Å². The lowest BCUT2D eigenvalue weighted by Crippen LogP contribution is -2.12. The molecule has 0 saturated heterocycles. The van der Waals surface area contributed by atoms with E-state index in [9.17, 15) is 5.11 Å². The van der Waals surface area contributed by atoms with Gasteiger partial charge in [-0.2, -0.15) is 10.2 Å². The third-order valence-corrected chi connectivity index (χ3v) is 3.22. The fourth-order valence-electron chi connectivity index (χ4n) is 2.15. The average Bonchev–Trinajstić information content (AvgIpc) is 2.53. The first kappa shape index (κ1) is 12.6. The summed E-state index contributed by atoms with van der Waals surface area (Å²) in [5.74, 6) is 0. The molecular weight excluding hydrogens is 250 g/mol. The van der Waals surface area contributed by atoms with Crippen LogP contribution in [0.5, 0.6) is 0 Å². The molecule has 3 aromatic rings. The molecule has 0 amide bonds. The lowest BCUT2D eigenvalue weighted by Gasteiger charge is -2.14. The standard InChI is InChI=1S/C16H15N3O/c20-16(12-6-2-1-3-7-12)11-17-15-10-18-19-14-9-5-4-8-13(14)15/h1-10,16,20H,11H2,(H,17,19)/t16-/m0/s1. The number of nitrogens with zero attached hydrogens (tertiary/aromatic N) is 2. The van der Waals surface area contributed by atoms with Crippen molar-refractivity contribution in [3.05, 3.63) is 66.4 Å². The SMILES string of the molecule is O[C@@H](CNc1cnnc2ccccc12)c1ccccc1. The lowest BCUT2D eigenvalue weighted by molar-refractivity contribution is 0.191. The highest BCUT2D eigenvalue weighted by Gasteiger charge is 2.08. The highest BCUT2D eigenvalue weighted by atomic mass is 16.3. The molecule has 100 valence electrons. The Kier molecular flexibility index (Phi) is 3.56. The van der Waals surface area contributed by atoms with Crippen molar-refractivity contribution in [2.45, 2.75) is 6.10 Å². The van der Waals surface area contributed by atoms with Gasteiger partial charge in [0.1, 0.15) is 0 Å². The first-order valence-corrected chi connectivity index (χ1v) is 6.52. The molecule has 20 heavy (non-hydrogen) atoms. The van der Waals surface area contributed by atoms with Gasteiger partial charge in [-0.05, 0) is 11.6 Å². The van der Waals surface area contributed by atoms with Crippen molar-refractivity contribution in [1.29, 1.82) is 0 Å². The van der Waals surface area contributed by atoms with Crippen molar-refractivity contribution in [3.8, 4) is 0 Å². The van der Waals surface area contributed by atoms with Gasteiger partial charge in [-0.25, -0.2) is 0 Å². The number of anilines is 1. The van der Waals surface area contributed by atoms with Gasteiger partial charge in [0, 0.05) is 11.9 Å². The Morgan fingerprint density at radius 1 is 1.00 bits per heavy atom. The van der Waals surface area contributed by atoms with Crippen molar-refractivity contribution < 1.29 is 5.11 Å². The zero-order valence-electron chi connectivity index (χ0n) is 10.9. The molecule has 4 nitrogen and oxygen atoms in total. The van der Waals surface area contributed by atoms with Crippen LogP contribution in [0.25, 0.3) is 10.9 Å². The second kappa shape index (κ2) is 5.67. The third kappa shape index (κ3) is 2.60. The molecule has 0 fully saturated rings. The zero-order chi connectivity index (χ0) is 13.8. The van der Waals surface area contributed by atoms with Gasteiger partial charge in [0.25, 0.3) is 0 Å². The maximum Gasteiger partial charge on any atom is 0.0962 e. The van der Waals surface area contributed by atoms with E-state index in [0.717, 1.165) is 22.2 Å². The molecule has 1 aromatic heterocycles. The molecule has 0 saturated carbocycles. The molecule has 0 aliphatic heterocycles. The summed E-state index contributed by atoms with van der Waals surface area (Å²) in [4.78, 5) is 0. The van der Waals surface area contributed by atoms with Crippen LogP contribution in [0.3, 0.4) is 0 Å². The number of hydrogen-bond donors (Lipinski definition) is 2. The van der Waals surface area contributed by atoms with Crippen LogP contribution in [0.2, 0.25) is 0 Å². The summed E-state index contributed by atoms with van der Waals surface area (Å²) in [6, 6.07) is 17.4. The van der Waals surface area contributed by atoms with Crippen molar-refractivity contribution in [2.75, 3.05) is 11.9 Å². The molecule has 0 spiro atoms. The summed E-state index contributed by atoms with van der Waals surface area (Å²) in [6.07, 6.45) is 1.13. The largest absolute Gasteiger partial charge is 0.387 e. The zero-order valence-corrected chi connectivity index (χ0v) is 10.9. The molecule has 0 unspecified atom stereocenters. The summed E-state index contributed by atoms with van der Waals surface area (Å²) in [7, 11) is 0. The Balaban J connectivity index is 1.77. The maximum absolute atomic E-state index is 10.2. The average molecular weight is 265 g/mol. The van der Waals surface area contributed by atoms with Crippen molar-refractivity contribution in [3.63, 3.8) is 0 Å². The van der Waals surface area contributed by atoms with E-state index in [1.807, 2.05) is 54.6 Å². The van der Waals surface area contributed by atoms with Crippen molar-refractivity contribution >= 4 is 16.6 Å². The first-order valence-electron chi connectivity index (χ1n) is 6.52. The Morgan fingerprint density at radius 3 is 2.60 bits per heavy atom. The number of rotatable bonds is 4. The van der Waals surface area contributed by atoms with E-state index >= 15 is 0 Å². The number of nitrogens with one attached hydrogen (secondary N) is 1. The van der Waals surface area contributed by atoms with E-state index in [0.29, 0.717) is 6.54 Å². The number of fused-ring (bicyclic) bond motifs is 1. The Bertz CT molecular complexity index is 695. The van der Waals surface area contributed by atoms with Crippen LogP contribution in [-0.4, -0.2) is 21.8 Å². The number of aliphatic hydroxyl groups excluding tert-OH is 1. The molecular formula is C16H15N3O. The summed E-state index contributed by atoms with van der Waals surface area (Å²) in [5, 5.41) is 22.4. The van der Waals surface area contributed by atoms with Crippen LogP contribution in [-0.2, 0) is 0 Å². The van der Waals surface area contributed by atoms with E-state index in [-0.39, 0.29) is 0 Å². The predicted octanol–water partition coefficient (Wildman–Crippen LogP) is 2.78. The predicted molar refractivity (Wildman–Crippen MR) is 79.4 cm³/mol. The fourth-order valence-corrected chi connectivity index (χ4v) is 2.15. The highest BCUT2D eigenvalue weighted by Crippen LogP contribution is 2.21. The highest BCUT2D eigenvalue weighted by molar-refractivity contribution is 5.90. The van der Waals surface area contributed by atoms with Gasteiger partial charge in [-0.1, -0.05) is 48.5 Å². The normalized spacial score (nSPS) is 12.2. The first-order chi connectivity index (χ1) is 9.84. The van der Waals surface area contributed by atoms with Gasteiger partial charge in [-0.15, -0.1) is 0 Å². The Hall–Kier alpha value is -2.46. The minimum atomic E-state index is -0.553. The third-order valence-electron chi connectivity index (χ3n) is 3.22. The monoisotopic (exact) mass is 265 g/mol. The van der Waals surface area contributed by atoms with Gasteiger partial charge in [-0.3, -0.25) is 0 Å². The summed E-state index contributed by atoms with van der Waals surface area (Å²) in [6.45, 7) is 0.430. The molecule has 0 radical (unpaired) electrons. The molecule has 3 rings (SSSR count). The minimum Gasteiger partial charge on any atom is -0.387 e. The van der Waals surface area contributed by atoms with Gasteiger partial charge in [0.05, 0.1) is 23.5 Å². The molecule has 0 bridgehead atoms.